The summed E-state index contributed by atoms with van der Waals surface area (Å²) in [6, 6.07) is 8.66. The molecule has 0 fully saturated rings. The van der Waals surface area contributed by atoms with Gasteiger partial charge >= 0.3 is 0 Å². The van der Waals surface area contributed by atoms with E-state index in [1.807, 2.05) is 0 Å². The van der Waals surface area contributed by atoms with Crippen molar-refractivity contribution in [1.82, 2.24) is 4.57 Å². The maximum Gasteiger partial charge on any atom is 0.0639 e. The SMILES string of the molecule is COC(C)(C)CCn1ccc2c(C)cccc21. The second kappa shape index (κ2) is 4.53. The standard InChI is InChI=1S/C15H21NO/c1-12-6-5-7-14-13(12)8-10-16(14)11-9-15(2,3)17-4/h5-8,10H,9,11H2,1-4H3. The van der Waals surface area contributed by atoms with E-state index >= 15 is 0 Å². The molecular weight excluding hydrogens is 210 g/mol. The van der Waals surface area contributed by atoms with Gasteiger partial charge in [0.15, 0.2) is 0 Å². The first kappa shape index (κ1) is 12.2. The van der Waals surface area contributed by atoms with Gasteiger partial charge in [0.1, 0.15) is 0 Å². The number of hydrogen-bond donors (Lipinski definition) is 0. The highest BCUT2D eigenvalue weighted by atomic mass is 16.5. The first-order valence-electron chi connectivity index (χ1n) is 6.13. The Morgan fingerprint density at radius 3 is 2.71 bits per heavy atom. The highest BCUT2D eigenvalue weighted by molar-refractivity contribution is 5.83. The van der Waals surface area contributed by atoms with E-state index in [2.05, 4.69) is 55.8 Å². The molecule has 0 amide bonds. The Bertz CT molecular complexity index is 511. The summed E-state index contributed by atoms with van der Waals surface area (Å²) in [4.78, 5) is 0. The first-order chi connectivity index (χ1) is 8.03. The minimum atomic E-state index is -0.0551. The number of benzene rings is 1. The predicted octanol–water partition coefficient (Wildman–Crippen LogP) is 3.76. The van der Waals surface area contributed by atoms with Crippen LogP contribution in [0.15, 0.2) is 30.5 Å². The summed E-state index contributed by atoms with van der Waals surface area (Å²) in [7, 11) is 1.78. The Morgan fingerprint density at radius 1 is 1.24 bits per heavy atom. The lowest BCUT2D eigenvalue weighted by Crippen LogP contribution is -2.24. The summed E-state index contributed by atoms with van der Waals surface area (Å²) in [6.45, 7) is 7.41. The smallest absolute Gasteiger partial charge is 0.0639 e. The summed E-state index contributed by atoms with van der Waals surface area (Å²) in [5.74, 6) is 0. The molecule has 17 heavy (non-hydrogen) atoms. The average molecular weight is 231 g/mol. The van der Waals surface area contributed by atoms with E-state index in [0.717, 1.165) is 13.0 Å². The number of fused-ring (bicyclic) bond motifs is 1. The van der Waals surface area contributed by atoms with Crippen LogP contribution < -0.4 is 0 Å². The van der Waals surface area contributed by atoms with Crippen molar-refractivity contribution < 1.29 is 4.74 Å². The van der Waals surface area contributed by atoms with Gasteiger partial charge in [-0.1, -0.05) is 12.1 Å². The summed E-state index contributed by atoms with van der Waals surface area (Å²) in [5, 5.41) is 1.35. The van der Waals surface area contributed by atoms with Crippen LogP contribution in [0.25, 0.3) is 10.9 Å². The molecule has 92 valence electrons. The lowest BCUT2D eigenvalue weighted by Gasteiger charge is -2.23. The van der Waals surface area contributed by atoms with Gasteiger partial charge in [0.25, 0.3) is 0 Å². The molecule has 2 heteroatoms. The Labute approximate surface area is 103 Å². The fourth-order valence-electron chi connectivity index (χ4n) is 2.06. The van der Waals surface area contributed by atoms with Crippen LogP contribution in [0.5, 0.6) is 0 Å². The third kappa shape index (κ3) is 2.52. The second-order valence-electron chi connectivity index (χ2n) is 5.23. The van der Waals surface area contributed by atoms with Crippen molar-refractivity contribution in [2.45, 2.75) is 39.3 Å². The van der Waals surface area contributed by atoms with Crippen LogP contribution in [-0.2, 0) is 11.3 Å². The lowest BCUT2D eigenvalue weighted by atomic mass is 10.1. The molecule has 0 N–H and O–H groups in total. The molecule has 1 aromatic carbocycles. The molecule has 2 rings (SSSR count). The third-order valence-electron chi connectivity index (χ3n) is 3.54. The zero-order valence-electron chi connectivity index (χ0n) is 11.2. The van der Waals surface area contributed by atoms with Crippen molar-refractivity contribution in [3.05, 3.63) is 36.0 Å². The van der Waals surface area contributed by atoms with E-state index in [0.29, 0.717) is 0 Å². The van der Waals surface area contributed by atoms with E-state index in [4.69, 9.17) is 4.74 Å². The monoisotopic (exact) mass is 231 g/mol. The van der Waals surface area contributed by atoms with Crippen molar-refractivity contribution in [1.29, 1.82) is 0 Å². The van der Waals surface area contributed by atoms with E-state index in [9.17, 15) is 0 Å². The molecule has 0 spiro atoms. The Balaban J connectivity index is 2.23. The van der Waals surface area contributed by atoms with Gasteiger partial charge in [-0.15, -0.1) is 0 Å². The predicted molar refractivity (Wildman–Crippen MR) is 72.4 cm³/mol. The van der Waals surface area contributed by atoms with Gasteiger partial charge in [0, 0.05) is 30.8 Å². The summed E-state index contributed by atoms with van der Waals surface area (Å²) >= 11 is 0. The van der Waals surface area contributed by atoms with Crippen molar-refractivity contribution in [2.75, 3.05) is 7.11 Å². The molecule has 0 aliphatic heterocycles. The number of methoxy groups -OCH3 is 1. The van der Waals surface area contributed by atoms with Crippen LogP contribution in [0.2, 0.25) is 0 Å². The van der Waals surface area contributed by atoms with E-state index in [1.54, 1.807) is 7.11 Å². The molecule has 0 bridgehead atoms. The molecule has 1 heterocycles. The molecule has 0 unspecified atom stereocenters. The lowest BCUT2D eigenvalue weighted by molar-refractivity contribution is 0.0123. The Hall–Kier alpha value is -1.28. The highest BCUT2D eigenvalue weighted by Gasteiger charge is 2.16. The number of aromatic nitrogens is 1. The number of nitrogens with zero attached hydrogens (tertiary/aromatic N) is 1. The topological polar surface area (TPSA) is 14.2 Å². The zero-order chi connectivity index (χ0) is 12.5. The quantitative estimate of drug-likeness (QED) is 0.781. The fraction of sp³-hybridized carbons (Fsp3) is 0.467. The first-order valence-corrected chi connectivity index (χ1v) is 6.13. The minimum absolute atomic E-state index is 0.0551. The van der Waals surface area contributed by atoms with Gasteiger partial charge < -0.3 is 9.30 Å². The number of ether oxygens (including phenoxy) is 1. The van der Waals surface area contributed by atoms with Crippen molar-refractivity contribution in [3.63, 3.8) is 0 Å². The molecule has 0 saturated carbocycles. The number of rotatable bonds is 4. The summed E-state index contributed by atoms with van der Waals surface area (Å²) < 4.78 is 7.77. The van der Waals surface area contributed by atoms with Crippen LogP contribution in [0.1, 0.15) is 25.8 Å². The minimum Gasteiger partial charge on any atom is -0.379 e. The van der Waals surface area contributed by atoms with Crippen molar-refractivity contribution in [3.8, 4) is 0 Å². The van der Waals surface area contributed by atoms with Crippen molar-refractivity contribution >= 4 is 10.9 Å². The van der Waals surface area contributed by atoms with Crippen LogP contribution in [-0.4, -0.2) is 17.3 Å². The van der Waals surface area contributed by atoms with Crippen LogP contribution in [0.3, 0.4) is 0 Å². The number of hydrogen-bond acceptors (Lipinski definition) is 1. The fourth-order valence-corrected chi connectivity index (χ4v) is 2.06. The summed E-state index contributed by atoms with van der Waals surface area (Å²) in [6.07, 6.45) is 3.19. The van der Waals surface area contributed by atoms with Gasteiger partial charge in [-0.2, -0.15) is 0 Å². The van der Waals surface area contributed by atoms with Gasteiger partial charge in [0.2, 0.25) is 0 Å². The van der Waals surface area contributed by atoms with Gasteiger partial charge in [-0.05, 0) is 44.9 Å². The van der Waals surface area contributed by atoms with Crippen LogP contribution in [0, 0.1) is 6.92 Å². The van der Waals surface area contributed by atoms with E-state index in [1.165, 1.54) is 16.5 Å². The van der Waals surface area contributed by atoms with Crippen molar-refractivity contribution in [2.24, 2.45) is 0 Å². The van der Waals surface area contributed by atoms with Crippen LogP contribution in [0.4, 0.5) is 0 Å². The maximum atomic E-state index is 5.46. The molecule has 0 aliphatic rings. The third-order valence-corrected chi connectivity index (χ3v) is 3.54. The van der Waals surface area contributed by atoms with Crippen LogP contribution >= 0.6 is 0 Å². The van der Waals surface area contributed by atoms with Gasteiger partial charge in [0.05, 0.1) is 5.60 Å². The Morgan fingerprint density at radius 2 is 2.00 bits per heavy atom. The maximum absolute atomic E-state index is 5.46. The molecule has 0 atom stereocenters. The highest BCUT2D eigenvalue weighted by Crippen LogP contribution is 2.21. The molecule has 2 aromatic rings. The largest absolute Gasteiger partial charge is 0.379 e. The molecule has 0 aliphatic carbocycles. The normalized spacial score (nSPS) is 12.2. The average Bonchev–Trinajstić information content (AvgIpc) is 2.71. The van der Waals surface area contributed by atoms with E-state index < -0.39 is 0 Å². The van der Waals surface area contributed by atoms with E-state index in [-0.39, 0.29) is 5.60 Å². The molecule has 2 nitrogen and oxygen atoms in total. The molecule has 1 aromatic heterocycles. The zero-order valence-corrected chi connectivity index (χ0v) is 11.2. The second-order valence-corrected chi connectivity index (χ2v) is 5.23. The van der Waals surface area contributed by atoms with Gasteiger partial charge in [-0.25, -0.2) is 0 Å². The molecule has 0 radical (unpaired) electrons. The number of aryl methyl sites for hydroxylation is 2. The summed E-state index contributed by atoms with van der Waals surface area (Å²) in [5.41, 5.74) is 2.60. The Kier molecular flexibility index (Phi) is 3.25. The van der Waals surface area contributed by atoms with Gasteiger partial charge in [-0.3, -0.25) is 0 Å². The molecule has 0 saturated heterocycles. The molecular formula is C15H21NO.